The SMILES string of the molecule is Cl.N[C@@H]1CCN(C(=O)c2c(F)cc(Br)cc2F)C1. The lowest BCUT2D eigenvalue weighted by Gasteiger charge is -2.16. The molecule has 0 saturated carbocycles. The highest BCUT2D eigenvalue weighted by Crippen LogP contribution is 2.22. The van der Waals surface area contributed by atoms with Crippen LogP contribution in [-0.2, 0) is 0 Å². The van der Waals surface area contributed by atoms with Crippen LogP contribution >= 0.6 is 28.3 Å². The molecule has 0 aromatic heterocycles. The Morgan fingerprint density at radius 1 is 1.39 bits per heavy atom. The number of carbonyl (C=O) groups excluding carboxylic acids is 1. The molecule has 1 aromatic rings. The number of halogens is 4. The first-order valence-electron chi connectivity index (χ1n) is 5.18. The van der Waals surface area contributed by atoms with Gasteiger partial charge in [0.2, 0.25) is 0 Å². The molecule has 1 aliphatic heterocycles. The molecular weight excluding hydrogens is 329 g/mol. The van der Waals surface area contributed by atoms with Gasteiger partial charge in [-0.1, -0.05) is 15.9 Å². The molecule has 2 N–H and O–H groups in total. The second kappa shape index (κ2) is 5.95. The van der Waals surface area contributed by atoms with E-state index in [9.17, 15) is 13.6 Å². The largest absolute Gasteiger partial charge is 0.337 e. The van der Waals surface area contributed by atoms with Crippen LogP contribution in [0, 0.1) is 11.6 Å². The van der Waals surface area contributed by atoms with Crippen LogP contribution in [0.2, 0.25) is 0 Å². The number of nitrogens with zero attached hydrogens (tertiary/aromatic N) is 1. The van der Waals surface area contributed by atoms with Crippen molar-refractivity contribution in [2.45, 2.75) is 12.5 Å². The van der Waals surface area contributed by atoms with Crippen molar-refractivity contribution in [2.24, 2.45) is 5.73 Å². The van der Waals surface area contributed by atoms with Crippen LogP contribution in [0.5, 0.6) is 0 Å². The number of hydrogen-bond acceptors (Lipinski definition) is 2. The first kappa shape index (κ1) is 15.3. The zero-order valence-electron chi connectivity index (χ0n) is 9.33. The van der Waals surface area contributed by atoms with Crippen molar-refractivity contribution in [1.29, 1.82) is 0 Å². The Hall–Kier alpha value is -0.720. The summed E-state index contributed by atoms with van der Waals surface area (Å²) < 4.78 is 27.4. The third-order valence-electron chi connectivity index (χ3n) is 2.73. The predicted octanol–water partition coefficient (Wildman–Crippen LogP) is 2.32. The molecule has 1 amide bonds. The lowest BCUT2D eigenvalue weighted by molar-refractivity contribution is 0.0781. The van der Waals surface area contributed by atoms with Gasteiger partial charge in [-0.2, -0.15) is 0 Å². The minimum Gasteiger partial charge on any atom is -0.337 e. The van der Waals surface area contributed by atoms with E-state index < -0.39 is 23.1 Å². The van der Waals surface area contributed by atoms with E-state index >= 15 is 0 Å². The molecule has 1 fully saturated rings. The maximum atomic E-state index is 13.6. The highest BCUT2D eigenvalue weighted by molar-refractivity contribution is 9.10. The number of hydrogen-bond donors (Lipinski definition) is 1. The second-order valence-corrected chi connectivity index (χ2v) is 4.96. The van der Waals surface area contributed by atoms with Crippen molar-refractivity contribution in [1.82, 2.24) is 4.90 Å². The van der Waals surface area contributed by atoms with Gasteiger partial charge >= 0.3 is 0 Å². The maximum absolute atomic E-state index is 13.6. The minimum atomic E-state index is -0.859. The van der Waals surface area contributed by atoms with Gasteiger partial charge in [-0.3, -0.25) is 4.79 Å². The van der Waals surface area contributed by atoms with Crippen LogP contribution in [0.1, 0.15) is 16.8 Å². The molecule has 100 valence electrons. The standard InChI is InChI=1S/C11H11BrF2N2O.ClH/c12-6-3-8(13)10(9(14)4-6)11(17)16-2-1-7(15)5-16;/h3-4,7H,1-2,5,15H2;1H/t7-;/m1./s1. The molecule has 18 heavy (non-hydrogen) atoms. The molecule has 1 aromatic carbocycles. The molecule has 0 aliphatic carbocycles. The molecule has 1 saturated heterocycles. The van der Waals surface area contributed by atoms with Crippen molar-refractivity contribution < 1.29 is 13.6 Å². The first-order chi connectivity index (χ1) is 7.99. The van der Waals surface area contributed by atoms with Gasteiger partial charge in [0.25, 0.3) is 5.91 Å². The topological polar surface area (TPSA) is 46.3 Å². The van der Waals surface area contributed by atoms with Gasteiger partial charge in [0, 0.05) is 23.6 Å². The monoisotopic (exact) mass is 340 g/mol. The molecule has 0 unspecified atom stereocenters. The fraction of sp³-hybridized carbons (Fsp3) is 0.364. The van der Waals surface area contributed by atoms with Crippen LogP contribution in [0.25, 0.3) is 0 Å². The molecule has 1 aliphatic rings. The first-order valence-corrected chi connectivity index (χ1v) is 5.97. The van der Waals surface area contributed by atoms with Gasteiger partial charge in [0.1, 0.15) is 17.2 Å². The second-order valence-electron chi connectivity index (χ2n) is 4.04. The summed E-state index contributed by atoms with van der Waals surface area (Å²) in [5, 5.41) is 0. The Balaban J connectivity index is 0.00000162. The number of likely N-dealkylation sites (tertiary alicyclic amines) is 1. The van der Waals surface area contributed by atoms with Crippen LogP contribution in [-0.4, -0.2) is 29.9 Å². The molecule has 3 nitrogen and oxygen atoms in total. The predicted molar refractivity (Wildman–Crippen MR) is 69.8 cm³/mol. The maximum Gasteiger partial charge on any atom is 0.259 e. The van der Waals surface area contributed by atoms with Gasteiger partial charge in [-0.15, -0.1) is 12.4 Å². The lowest BCUT2D eigenvalue weighted by atomic mass is 10.1. The molecule has 2 rings (SSSR count). The van der Waals surface area contributed by atoms with Crippen molar-refractivity contribution >= 4 is 34.2 Å². The summed E-state index contributed by atoms with van der Waals surface area (Å²) in [5.41, 5.74) is 5.14. The molecule has 7 heteroatoms. The Morgan fingerprint density at radius 2 is 1.94 bits per heavy atom. The van der Waals surface area contributed by atoms with Gasteiger partial charge in [0.15, 0.2) is 0 Å². The lowest BCUT2D eigenvalue weighted by Crippen LogP contribution is -2.33. The summed E-state index contributed by atoms with van der Waals surface area (Å²) in [4.78, 5) is 13.3. The molecule has 1 heterocycles. The molecule has 1 atom stereocenters. The summed E-state index contributed by atoms with van der Waals surface area (Å²) in [6.45, 7) is 0.780. The summed E-state index contributed by atoms with van der Waals surface area (Å²) in [7, 11) is 0. The van der Waals surface area contributed by atoms with E-state index in [4.69, 9.17) is 5.73 Å². The van der Waals surface area contributed by atoms with E-state index in [1.54, 1.807) is 0 Å². The van der Waals surface area contributed by atoms with Crippen molar-refractivity contribution in [3.05, 3.63) is 33.8 Å². The highest BCUT2D eigenvalue weighted by Gasteiger charge is 2.28. The number of benzene rings is 1. The Labute approximate surface area is 118 Å². The van der Waals surface area contributed by atoms with Gasteiger partial charge in [-0.05, 0) is 18.6 Å². The van der Waals surface area contributed by atoms with Crippen LogP contribution in [0.15, 0.2) is 16.6 Å². The third kappa shape index (κ3) is 2.99. The zero-order valence-corrected chi connectivity index (χ0v) is 11.7. The van der Waals surface area contributed by atoms with Crippen molar-refractivity contribution in [2.75, 3.05) is 13.1 Å². The highest BCUT2D eigenvalue weighted by atomic mass is 79.9. The summed E-state index contributed by atoms with van der Waals surface area (Å²) in [5.74, 6) is -2.36. The van der Waals surface area contributed by atoms with Gasteiger partial charge in [-0.25, -0.2) is 8.78 Å². The average molecular weight is 342 g/mol. The Bertz CT molecular complexity index is 449. The van der Waals surface area contributed by atoms with E-state index in [2.05, 4.69) is 15.9 Å². The van der Waals surface area contributed by atoms with Gasteiger partial charge in [0.05, 0.1) is 0 Å². The number of carbonyl (C=O) groups is 1. The van der Waals surface area contributed by atoms with Crippen molar-refractivity contribution in [3.8, 4) is 0 Å². The summed E-state index contributed by atoms with van der Waals surface area (Å²) >= 11 is 2.96. The third-order valence-corrected chi connectivity index (χ3v) is 3.19. The van der Waals surface area contributed by atoms with Crippen molar-refractivity contribution in [3.63, 3.8) is 0 Å². The summed E-state index contributed by atoms with van der Waals surface area (Å²) in [6, 6.07) is 2.04. The Morgan fingerprint density at radius 3 is 2.39 bits per heavy atom. The molecule has 0 radical (unpaired) electrons. The molecule has 0 spiro atoms. The van der Waals surface area contributed by atoms with E-state index in [1.807, 2.05) is 0 Å². The van der Waals surface area contributed by atoms with Crippen LogP contribution in [0.3, 0.4) is 0 Å². The zero-order chi connectivity index (χ0) is 12.6. The Kier molecular flexibility index (Phi) is 5.07. The summed E-state index contributed by atoms with van der Waals surface area (Å²) in [6.07, 6.45) is 0.658. The quantitative estimate of drug-likeness (QED) is 0.852. The van der Waals surface area contributed by atoms with E-state index in [1.165, 1.54) is 4.90 Å². The van der Waals surface area contributed by atoms with E-state index in [0.717, 1.165) is 12.1 Å². The fourth-order valence-electron chi connectivity index (χ4n) is 1.88. The molecule has 0 bridgehead atoms. The molecular formula is C11H12BrClF2N2O. The average Bonchev–Trinajstić information content (AvgIpc) is 2.63. The minimum absolute atomic E-state index is 0. The van der Waals surface area contributed by atoms with E-state index in [0.29, 0.717) is 19.5 Å². The fourth-order valence-corrected chi connectivity index (χ4v) is 2.28. The number of rotatable bonds is 1. The van der Waals surface area contributed by atoms with Crippen LogP contribution < -0.4 is 5.73 Å². The number of amides is 1. The van der Waals surface area contributed by atoms with Crippen LogP contribution in [0.4, 0.5) is 8.78 Å². The number of nitrogens with two attached hydrogens (primary N) is 1. The normalized spacial score (nSPS) is 18.7. The van der Waals surface area contributed by atoms with E-state index in [-0.39, 0.29) is 22.9 Å². The van der Waals surface area contributed by atoms with Gasteiger partial charge < -0.3 is 10.6 Å². The smallest absolute Gasteiger partial charge is 0.259 e.